The minimum absolute atomic E-state index is 0.310. The van der Waals surface area contributed by atoms with E-state index in [9.17, 15) is 8.42 Å². The number of nitrogens with one attached hydrogen (secondary N) is 1. The first-order valence-electron chi connectivity index (χ1n) is 3.57. The van der Waals surface area contributed by atoms with E-state index >= 15 is 0 Å². The van der Waals surface area contributed by atoms with Crippen molar-refractivity contribution in [2.75, 3.05) is 13.1 Å². The molecule has 0 atom stereocenters. The number of aliphatic imine (C=N–C) groups is 1. The lowest BCUT2D eigenvalue weighted by atomic mass is 10.5. The molecule has 1 heterocycles. The summed E-state index contributed by atoms with van der Waals surface area (Å²) in [4.78, 5) is 3.68. The highest BCUT2D eigenvalue weighted by atomic mass is 32.2. The van der Waals surface area contributed by atoms with Gasteiger partial charge >= 0.3 is 0 Å². The highest BCUT2D eigenvalue weighted by molar-refractivity contribution is 8.09. The molecule has 0 spiro atoms. The van der Waals surface area contributed by atoms with Crippen LogP contribution in [0.15, 0.2) is 16.1 Å². The number of amidine groups is 1. The fraction of sp³-hybridized carbons (Fsp3) is 0.500. The minimum atomic E-state index is -3.38. The Bertz CT molecular complexity index is 329. The Morgan fingerprint density at radius 1 is 1.67 bits per heavy atom. The van der Waals surface area contributed by atoms with E-state index in [0.717, 1.165) is 12.0 Å². The molecule has 1 aliphatic heterocycles. The Hall–Kier alpha value is -0.880. The third-order valence-corrected chi connectivity index (χ3v) is 2.65. The molecular weight excluding hydrogens is 178 g/mol. The summed E-state index contributed by atoms with van der Waals surface area (Å²) in [5.41, 5.74) is 5.62. The maximum atomic E-state index is 11.0. The van der Waals surface area contributed by atoms with Gasteiger partial charge in [0.05, 0.1) is 11.1 Å². The molecule has 0 fully saturated rings. The average Bonchev–Trinajstić information content (AvgIpc) is 2.22. The van der Waals surface area contributed by atoms with Crippen LogP contribution in [0.2, 0.25) is 0 Å². The molecule has 0 saturated carbocycles. The minimum Gasteiger partial charge on any atom is -0.374 e. The van der Waals surface area contributed by atoms with Crippen LogP contribution in [-0.2, 0) is 9.84 Å². The zero-order valence-corrected chi connectivity index (χ0v) is 7.56. The molecule has 0 aromatic rings. The summed E-state index contributed by atoms with van der Waals surface area (Å²) >= 11 is 0. The number of nitrogens with two attached hydrogens (primary N) is 1. The molecule has 0 saturated heterocycles. The van der Waals surface area contributed by atoms with E-state index in [0.29, 0.717) is 12.2 Å². The molecule has 0 aliphatic carbocycles. The van der Waals surface area contributed by atoms with Gasteiger partial charge < -0.3 is 11.1 Å². The van der Waals surface area contributed by atoms with Gasteiger partial charge in [-0.2, -0.15) is 0 Å². The Labute approximate surface area is 71.3 Å². The summed E-state index contributed by atoms with van der Waals surface area (Å²) < 4.78 is 22.0. The zero-order valence-electron chi connectivity index (χ0n) is 6.74. The molecule has 0 bridgehead atoms. The van der Waals surface area contributed by atoms with Crippen molar-refractivity contribution in [2.24, 2.45) is 10.7 Å². The fourth-order valence-electron chi connectivity index (χ4n) is 0.805. The second-order valence-electron chi connectivity index (χ2n) is 2.38. The van der Waals surface area contributed by atoms with Crippen LogP contribution >= 0.6 is 0 Å². The molecule has 6 heteroatoms. The van der Waals surface area contributed by atoms with Gasteiger partial charge in [0.15, 0.2) is 0 Å². The number of likely N-dealkylation sites (N-methyl/N-ethyl adjacent to an activating group) is 1. The average molecular weight is 189 g/mol. The second-order valence-corrected chi connectivity index (χ2v) is 4.13. The van der Waals surface area contributed by atoms with Gasteiger partial charge in [0.25, 0.3) is 0 Å². The van der Waals surface area contributed by atoms with Crippen molar-refractivity contribution in [3.05, 3.63) is 11.1 Å². The molecule has 0 radical (unpaired) electrons. The van der Waals surface area contributed by atoms with Gasteiger partial charge in [-0.05, 0) is 6.54 Å². The first-order chi connectivity index (χ1) is 5.56. The molecule has 12 heavy (non-hydrogen) atoms. The summed E-state index contributed by atoms with van der Waals surface area (Å²) in [6.45, 7) is 3.14. The molecule has 0 aromatic carbocycles. The predicted octanol–water partition coefficient (Wildman–Crippen LogP) is -0.820. The Morgan fingerprint density at radius 2 is 2.33 bits per heavy atom. The topological polar surface area (TPSA) is 84.5 Å². The summed E-state index contributed by atoms with van der Waals surface area (Å²) in [7, 11) is -3.38. The molecule has 5 nitrogen and oxygen atoms in total. The van der Waals surface area contributed by atoms with Crippen molar-refractivity contribution in [1.82, 2.24) is 5.32 Å². The lowest BCUT2D eigenvalue weighted by Gasteiger charge is -1.96. The third kappa shape index (κ3) is 1.83. The summed E-state index contributed by atoms with van der Waals surface area (Å²) in [5.74, 6) is 0. The summed E-state index contributed by atoms with van der Waals surface area (Å²) in [5, 5.41) is 3.73. The van der Waals surface area contributed by atoms with E-state index in [2.05, 4.69) is 10.3 Å². The Kier molecular flexibility index (Phi) is 2.49. The Morgan fingerprint density at radius 3 is 2.75 bits per heavy atom. The van der Waals surface area contributed by atoms with Crippen molar-refractivity contribution in [3.8, 4) is 0 Å². The van der Waals surface area contributed by atoms with E-state index in [1.54, 1.807) is 0 Å². The fourth-order valence-corrected chi connectivity index (χ4v) is 1.66. The summed E-state index contributed by atoms with van der Waals surface area (Å²) in [6, 6.07) is 0. The van der Waals surface area contributed by atoms with E-state index in [4.69, 9.17) is 5.73 Å². The maximum absolute atomic E-state index is 11.0. The SMILES string of the molecule is CCNCC1=CS(=O)(=O)C(N)=N1. The van der Waals surface area contributed by atoms with Gasteiger partial charge in [-0.1, -0.05) is 6.92 Å². The van der Waals surface area contributed by atoms with Crippen LogP contribution in [0.25, 0.3) is 0 Å². The van der Waals surface area contributed by atoms with Crippen LogP contribution in [0.1, 0.15) is 6.92 Å². The monoisotopic (exact) mass is 189 g/mol. The van der Waals surface area contributed by atoms with Crippen molar-refractivity contribution in [2.45, 2.75) is 6.92 Å². The van der Waals surface area contributed by atoms with Crippen LogP contribution < -0.4 is 11.1 Å². The van der Waals surface area contributed by atoms with Crippen LogP contribution in [0.4, 0.5) is 0 Å². The molecule has 1 aliphatic rings. The van der Waals surface area contributed by atoms with E-state index < -0.39 is 9.84 Å². The van der Waals surface area contributed by atoms with Gasteiger partial charge in [-0.3, -0.25) is 0 Å². The molecule has 3 N–H and O–H groups in total. The van der Waals surface area contributed by atoms with Crippen LogP contribution in [-0.4, -0.2) is 26.7 Å². The standard InChI is InChI=1S/C6H11N3O2S/c1-2-8-3-5-4-12(10,11)6(7)9-5/h4,8H,2-3H2,1H3,(H2,7,9). The quantitative estimate of drug-likeness (QED) is 0.607. The van der Waals surface area contributed by atoms with E-state index in [1.807, 2.05) is 6.92 Å². The lowest BCUT2D eigenvalue weighted by Crippen LogP contribution is -2.18. The largest absolute Gasteiger partial charge is 0.374 e. The maximum Gasteiger partial charge on any atom is 0.234 e. The van der Waals surface area contributed by atoms with Crippen LogP contribution in [0, 0.1) is 0 Å². The lowest BCUT2D eigenvalue weighted by molar-refractivity contribution is 0.615. The highest BCUT2D eigenvalue weighted by Crippen LogP contribution is 2.10. The first-order valence-corrected chi connectivity index (χ1v) is 5.11. The predicted molar refractivity (Wildman–Crippen MR) is 47.2 cm³/mol. The van der Waals surface area contributed by atoms with Gasteiger partial charge in [-0.15, -0.1) is 0 Å². The molecular formula is C6H11N3O2S. The van der Waals surface area contributed by atoms with Gasteiger partial charge in [0, 0.05) is 6.54 Å². The normalized spacial score (nSPS) is 20.4. The van der Waals surface area contributed by atoms with Gasteiger partial charge in [0.2, 0.25) is 15.0 Å². The molecule has 1 rings (SSSR count). The molecule has 0 amide bonds. The van der Waals surface area contributed by atoms with Crippen LogP contribution in [0.5, 0.6) is 0 Å². The Balaban J connectivity index is 2.73. The highest BCUT2D eigenvalue weighted by Gasteiger charge is 2.20. The number of hydrogen-bond acceptors (Lipinski definition) is 5. The van der Waals surface area contributed by atoms with E-state index in [1.165, 1.54) is 0 Å². The van der Waals surface area contributed by atoms with Crippen molar-refractivity contribution < 1.29 is 8.42 Å². The first kappa shape index (κ1) is 9.21. The van der Waals surface area contributed by atoms with Gasteiger partial charge in [0.1, 0.15) is 0 Å². The van der Waals surface area contributed by atoms with E-state index in [-0.39, 0.29) is 5.17 Å². The van der Waals surface area contributed by atoms with Crippen molar-refractivity contribution >= 4 is 15.0 Å². The molecule has 68 valence electrons. The summed E-state index contributed by atoms with van der Waals surface area (Å²) in [6.07, 6.45) is 0. The molecule has 0 unspecified atom stereocenters. The molecule has 0 aromatic heterocycles. The number of rotatable bonds is 3. The van der Waals surface area contributed by atoms with Crippen LogP contribution in [0.3, 0.4) is 0 Å². The smallest absolute Gasteiger partial charge is 0.234 e. The van der Waals surface area contributed by atoms with Crippen molar-refractivity contribution in [1.29, 1.82) is 0 Å². The zero-order chi connectivity index (χ0) is 9.19. The third-order valence-electron chi connectivity index (χ3n) is 1.39. The van der Waals surface area contributed by atoms with Crippen molar-refractivity contribution in [3.63, 3.8) is 0 Å². The van der Waals surface area contributed by atoms with Gasteiger partial charge in [-0.25, -0.2) is 13.4 Å². The second kappa shape index (κ2) is 3.24. The number of sulfone groups is 1. The number of hydrogen-bond donors (Lipinski definition) is 2. The number of nitrogens with zero attached hydrogens (tertiary/aromatic N) is 1.